The van der Waals surface area contributed by atoms with E-state index in [-0.39, 0.29) is 17.7 Å². The molecule has 1 aromatic carbocycles. The Morgan fingerprint density at radius 3 is 2.52 bits per heavy atom. The largest absolute Gasteiger partial charge is 0.493 e. The van der Waals surface area contributed by atoms with Gasteiger partial charge in [0.05, 0.1) is 19.9 Å². The number of rotatable bonds is 6. The van der Waals surface area contributed by atoms with Crippen LogP contribution in [0.3, 0.4) is 0 Å². The minimum Gasteiger partial charge on any atom is -0.493 e. The van der Waals surface area contributed by atoms with Gasteiger partial charge in [0.15, 0.2) is 11.5 Å². The molecule has 0 spiro atoms. The lowest BCUT2D eigenvalue weighted by Crippen LogP contribution is -2.24. The number of aliphatic hydroxyl groups excluding tert-OH is 1. The molecule has 0 bridgehead atoms. The average Bonchev–Trinajstić information content (AvgIpc) is 2.59. The SMILES string of the molecule is COc1ccc(-c2ccc(C#N)c(=O)n2CCCO)cc1OC. The van der Waals surface area contributed by atoms with Crippen LogP contribution in [0, 0.1) is 11.3 Å². The zero-order valence-corrected chi connectivity index (χ0v) is 13.1. The van der Waals surface area contributed by atoms with Crippen molar-refractivity contribution in [2.24, 2.45) is 0 Å². The summed E-state index contributed by atoms with van der Waals surface area (Å²) in [5.74, 6) is 1.14. The van der Waals surface area contributed by atoms with E-state index < -0.39 is 0 Å². The highest BCUT2D eigenvalue weighted by Gasteiger charge is 2.12. The number of ether oxygens (including phenoxy) is 2. The molecule has 0 saturated carbocycles. The standard InChI is InChI=1S/C17H18N2O4/c1-22-15-7-5-12(10-16(15)23-2)14-6-4-13(11-18)17(21)19(14)8-3-9-20/h4-7,10,20H,3,8-9H2,1-2H3. The molecule has 0 atom stereocenters. The normalized spacial score (nSPS) is 10.2. The number of aliphatic hydroxyl groups is 1. The Balaban J connectivity index is 2.61. The van der Waals surface area contributed by atoms with E-state index in [1.54, 1.807) is 32.4 Å². The van der Waals surface area contributed by atoms with E-state index in [2.05, 4.69) is 0 Å². The number of aromatic nitrogens is 1. The molecule has 1 heterocycles. The number of hydrogen-bond acceptors (Lipinski definition) is 5. The third kappa shape index (κ3) is 3.35. The van der Waals surface area contributed by atoms with Crippen molar-refractivity contribution in [1.29, 1.82) is 5.26 Å². The highest BCUT2D eigenvalue weighted by atomic mass is 16.5. The fourth-order valence-electron chi connectivity index (χ4n) is 2.36. The molecule has 0 radical (unpaired) electrons. The van der Waals surface area contributed by atoms with E-state index in [1.807, 2.05) is 12.1 Å². The van der Waals surface area contributed by atoms with Crippen molar-refractivity contribution < 1.29 is 14.6 Å². The van der Waals surface area contributed by atoms with Gasteiger partial charge in [-0.15, -0.1) is 0 Å². The third-order valence-electron chi connectivity index (χ3n) is 3.51. The molecule has 0 fully saturated rings. The van der Waals surface area contributed by atoms with Gasteiger partial charge in [-0.25, -0.2) is 0 Å². The van der Waals surface area contributed by atoms with Gasteiger partial charge in [0.2, 0.25) is 0 Å². The molecule has 0 aliphatic rings. The van der Waals surface area contributed by atoms with Crippen LogP contribution in [0.2, 0.25) is 0 Å². The molecule has 0 aliphatic carbocycles. The van der Waals surface area contributed by atoms with Gasteiger partial charge in [0, 0.05) is 18.7 Å². The summed E-state index contributed by atoms with van der Waals surface area (Å²) >= 11 is 0. The molecule has 1 N–H and O–H groups in total. The van der Waals surface area contributed by atoms with Crippen LogP contribution in [0.15, 0.2) is 35.1 Å². The molecular weight excluding hydrogens is 296 g/mol. The first-order valence-corrected chi connectivity index (χ1v) is 7.13. The predicted molar refractivity (Wildman–Crippen MR) is 85.7 cm³/mol. The molecule has 0 amide bonds. The van der Waals surface area contributed by atoms with Crippen LogP contribution in [0.5, 0.6) is 11.5 Å². The van der Waals surface area contributed by atoms with Gasteiger partial charge in [-0.2, -0.15) is 5.26 Å². The Morgan fingerprint density at radius 2 is 1.91 bits per heavy atom. The molecule has 0 unspecified atom stereocenters. The van der Waals surface area contributed by atoms with Crippen LogP contribution >= 0.6 is 0 Å². The molecule has 0 saturated heterocycles. The molecular formula is C17H18N2O4. The summed E-state index contributed by atoms with van der Waals surface area (Å²) in [5.41, 5.74) is 1.13. The zero-order valence-electron chi connectivity index (χ0n) is 13.1. The summed E-state index contributed by atoms with van der Waals surface area (Å²) in [7, 11) is 3.09. The second-order valence-electron chi connectivity index (χ2n) is 4.85. The summed E-state index contributed by atoms with van der Waals surface area (Å²) in [5, 5.41) is 18.1. The first-order valence-electron chi connectivity index (χ1n) is 7.13. The van der Waals surface area contributed by atoms with Crippen molar-refractivity contribution in [2.75, 3.05) is 20.8 Å². The van der Waals surface area contributed by atoms with Gasteiger partial charge >= 0.3 is 0 Å². The number of pyridine rings is 1. The van der Waals surface area contributed by atoms with Crippen LogP contribution < -0.4 is 15.0 Å². The van der Waals surface area contributed by atoms with E-state index in [0.717, 1.165) is 5.56 Å². The van der Waals surface area contributed by atoms with Crippen molar-refractivity contribution >= 4 is 0 Å². The monoisotopic (exact) mass is 314 g/mol. The van der Waals surface area contributed by atoms with Gasteiger partial charge in [0.1, 0.15) is 11.6 Å². The fourth-order valence-corrected chi connectivity index (χ4v) is 2.36. The first kappa shape index (κ1) is 16.6. The van der Waals surface area contributed by atoms with Gasteiger partial charge in [-0.1, -0.05) is 0 Å². The van der Waals surface area contributed by atoms with Crippen molar-refractivity contribution in [1.82, 2.24) is 4.57 Å². The topological polar surface area (TPSA) is 84.5 Å². The van der Waals surface area contributed by atoms with Crippen molar-refractivity contribution in [3.8, 4) is 28.8 Å². The van der Waals surface area contributed by atoms with E-state index in [4.69, 9.17) is 19.8 Å². The van der Waals surface area contributed by atoms with E-state index in [9.17, 15) is 4.79 Å². The zero-order chi connectivity index (χ0) is 16.8. The summed E-state index contributed by atoms with van der Waals surface area (Å²) < 4.78 is 12.0. The Hall–Kier alpha value is -2.78. The molecule has 6 heteroatoms. The average molecular weight is 314 g/mol. The first-order chi connectivity index (χ1) is 11.2. The number of hydrogen-bond donors (Lipinski definition) is 1. The number of benzene rings is 1. The van der Waals surface area contributed by atoms with Crippen LogP contribution in [-0.2, 0) is 6.54 Å². The summed E-state index contributed by atoms with van der Waals surface area (Å²) in [4.78, 5) is 12.4. The van der Waals surface area contributed by atoms with E-state index in [0.29, 0.717) is 30.2 Å². The minimum atomic E-state index is -0.367. The molecule has 23 heavy (non-hydrogen) atoms. The maximum atomic E-state index is 12.4. The lowest BCUT2D eigenvalue weighted by Gasteiger charge is -2.15. The van der Waals surface area contributed by atoms with Crippen molar-refractivity contribution in [3.05, 3.63) is 46.2 Å². The van der Waals surface area contributed by atoms with Crippen LogP contribution in [0.4, 0.5) is 0 Å². The third-order valence-corrected chi connectivity index (χ3v) is 3.51. The van der Waals surface area contributed by atoms with Crippen LogP contribution in [0.1, 0.15) is 12.0 Å². The molecule has 0 aliphatic heterocycles. The molecule has 2 aromatic rings. The quantitative estimate of drug-likeness (QED) is 0.878. The van der Waals surface area contributed by atoms with Gasteiger partial charge in [0.25, 0.3) is 5.56 Å². The Morgan fingerprint density at radius 1 is 1.17 bits per heavy atom. The molecule has 6 nitrogen and oxygen atoms in total. The van der Waals surface area contributed by atoms with Crippen LogP contribution in [0.25, 0.3) is 11.3 Å². The van der Waals surface area contributed by atoms with Crippen LogP contribution in [-0.4, -0.2) is 30.5 Å². The second-order valence-corrected chi connectivity index (χ2v) is 4.85. The Labute approximate surface area is 134 Å². The maximum Gasteiger partial charge on any atom is 0.268 e. The Kier molecular flexibility index (Phi) is 5.39. The Bertz CT molecular complexity index is 790. The maximum absolute atomic E-state index is 12.4. The summed E-state index contributed by atoms with van der Waals surface area (Å²) in [6.07, 6.45) is 0.426. The number of nitriles is 1. The van der Waals surface area contributed by atoms with Crippen molar-refractivity contribution in [2.45, 2.75) is 13.0 Å². The van der Waals surface area contributed by atoms with Gasteiger partial charge in [-0.3, -0.25) is 4.79 Å². The predicted octanol–water partition coefficient (Wildman–Crippen LogP) is 1.79. The minimum absolute atomic E-state index is 0.0331. The highest BCUT2D eigenvalue weighted by molar-refractivity contribution is 5.65. The van der Waals surface area contributed by atoms with Gasteiger partial charge in [-0.05, 0) is 36.8 Å². The number of methoxy groups -OCH3 is 2. The van der Waals surface area contributed by atoms with Crippen molar-refractivity contribution in [3.63, 3.8) is 0 Å². The highest BCUT2D eigenvalue weighted by Crippen LogP contribution is 2.32. The lowest BCUT2D eigenvalue weighted by atomic mass is 10.1. The molecule has 1 aromatic heterocycles. The molecule has 2 rings (SSSR count). The van der Waals surface area contributed by atoms with Gasteiger partial charge < -0.3 is 19.1 Å². The van der Waals surface area contributed by atoms with E-state index in [1.165, 1.54) is 10.6 Å². The smallest absolute Gasteiger partial charge is 0.268 e. The number of nitrogens with zero attached hydrogens (tertiary/aromatic N) is 2. The second kappa shape index (κ2) is 7.47. The lowest BCUT2D eigenvalue weighted by molar-refractivity contribution is 0.279. The fraction of sp³-hybridized carbons (Fsp3) is 0.294. The molecule has 120 valence electrons. The summed E-state index contributed by atoms with van der Waals surface area (Å²) in [6, 6.07) is 10.5. The summed E-state index contributed by atoms with van der Waals surface area (Å²) in [6.45, 7) is 0.295. The van der Waals surface area contributed by atoms with E-state index >= 15 is 0 Å².